The van der Waals surface area contributed by atoms with Crippen molar-refractivity contribution in [3.8, 4) is 5.69 Å². The lowest BCUT2D eigenvalue weighted by molar-refractivity contribution is -0.121. The van der Waals surface area contributed by atoms with Crippen LogP contribution in [-0.4, -0.2) is 52.2 Å². The molecule has 2 heterocycles. The van der Waals surface area contributed by atoms with Gasteiger partial charge in [-0.2, -0.15) is 9.40 Å². The molecular formula is C15H19N5O3S. The standard InChI is InChI=1S/C15H19N5O3S/c1-12(18-15(21)9-19-7-2-8-24(19,22)23)13-3-5-14(6-4-13)20-11-16-10-17-20/h3-6,10-12H,2,7-9H2,1H3,(H,18,21). The van der Waals surface area contributed by atoms with Crippen LogP contribution in [0.4, 0.5) is 0 Å². The second-order valence-corrected chi connectivity index (χ2v) is 7.81. The summed E-state index contributed by atoms with van der Waals surface area (Å²) in [6.45, 7) is 2.15. The molecule has 3 rings (SSSR count). The zero-order valence-corrected chi connectivity index (χ0v) is 14.1. The average Bonchev–Trinajstić information content (AvgIpc) is 3.18. The topological polar surface area (TPSA) is 97.2 Å². The summed E-state index contributed by atoms with van der Waals surface area (Å²) in [6.07, 6.45) is 3.65. The van der Waals surface area contributed by atoms with E-state index in [1.54, 1.807) is 11.0 Å². The van der Waals surface area contributed by atoms with Gasteiger partial charge in [-0.3, -0.25) is 4.79 Å². The van der Waals surface area contributed by atoms with Crippen LogP contribution >= 0.6 is 0 Å². The fraction of sp³-hybridized carbons (Fsp3) is 0.400. The molecule has 1 atom stereocenters. The molecule has 1 aromatic heterocycles. The van der Waals surface area contributed by atoms with E-state index >= 15 is 0 Å². The predicted octanol–water partition coefficient (Wildman–Crippen LogP) is 0.480. The molecule has 0 spiro atoms. The van der Waals surface area contributed by atoms with Gasteiger partial charge >= 0.3 is 0 Å². The zero-order valence-electron chi connectivity index (χ0n) is 13.3. The number of carbonyl (C=O) groups excluding carboxylic acids is 1. The Labute approximate surface area is 140 Å². The highest BCUT2D eigenvalue weighted by atomic mass is 32.2. The molecule has 1 aliphatic heterocycles. The monoisotopic (exact) mass is 349 g/mol. The fourth-order valence-corrected chi connectivity index (χ4v) is 4.13. The van der Waals surface area contributed by atoms with Crippen LogP contribution in [0.3, 0.4) is 0 Å². The lowest BCUT2D eigenvalue weighted by Crippen LogP contribution is -2.39. The quantitative estimate of drug-likeness (QED) is 0.847. The first kappa shape index (κ1) is 16.6. The van der Waals surface area contributed by atoms with Crippen molar-refractivity contribution in [3.63, 3.8) is 0 Å². The molecule has 24 heavy (non-hydrogen) atoms. The second-order valence-electron chi connectivity index (χ2n) is 5.72. The first-order valence-electron chi connectivity index (χ1n) is 7.68. The number of rotatable bonds is 5. The summed E-state index contributed by atoms with van der Waals surface area (Å²) < 4.78 is 26.4. The molecule has 128 valence electrons. The molecule has 1 N–H and O–H groups in total. The normalized spacial score (nSPS) is 18.4. The lowest BCUT2D eigenvalue weighted by Gasteiger charge is -2.18. The molecule has 0 bridgehead atoms. The van der Waals surface area contributed by atoms with Crippen molar-refractivity contribution in [2.75, 3.05) is 18.8 Å². The largest absolute Gasteiger partial charge is 0.348 e. The Morgan fingerprint density at radius 1 is 1.33 bits per heavy atom. The summed E-state index contributed by atoms with van der Waals surface area (Å²) in [5, 5.41) is 6.89. The van der Waals surface area contributed by atoms with Gasteiger partial charge in [0.15, 0.2) is 0 Å². The maximum Gasteiger partial charge on any atom is 0.235 e. The number of aromatic nitrogens is 3. The Hall–Kier alpha value is -2.26. The first-order chi connectivity index (χ1) is 11.5. The van der Waals surface area contributed by atoms with Crippen LogP contribution in [0, 0.1) is 0 Å². The maximum atomic E-state index is 12.1. The van der Waals surface area contributed by atoms with Gasteiger partial charge in [-0.1, -0.05) is 12.1 Å². The van der Waals surface area contributed by atoms with Gasteiger partial charge in [-0.25, -0.2) is 18.1 Å². The number of benzene rings is 1. The molecule has 1 saturated heterocycles. The number of hydrogen-bond donors (Lipinski definition) is 1. The van der Waals surface area contributed by atoms with Crippen molar-refractivity contribution < 1.29 is 13.2 Å². The summed E-state index contributed by atoms with van der Waals surface area (Å²) in [5.74, 6) is -0.173. The number of amides is 1. The maximum absolute atomic E-state index is 12.1. The highest BCUT2D eigenvalue weighted by Crippen LogP contribution is 2.16. The highest BCUT2D eigenvalue weighted by molar-refractivity contribution is 7.89. The van der Waals surface area contributed by atoms with Crippen LogP contribution in [0.1, 0.15) is 24.9 Å². The molecule has 2 aromatic rings. The number of nitrogens with one attached hydrogen (secondary N) is 1. The molecule has 1 aromatic carbocycles. The van der Waals surface area contributed by atoms with E-state index in [4.69, 9.17) is 0 Å². The van der Waals surface area contributed by atoms with E-state index in [0.717, 1.165) is 11.3 Å². The van der Waals surface area contributed by atoms with Crippen molar-refractivity contribution in [1.82, 2.24) is 24.4 Å². The van der Waals surface area contributed by atoms with Gasteiger partial charge in [0, 0.05) is 6.54 Å². The number of nitrogens with zero attached hydrogens (tertiary/aromatic N) is 4. The minimum absolute atomic E-state index is 0.121. The third-order valence-electron chi connectivity index (χ3n) is 3.98. The molecule has 1 aliphatic rings. The molecule has 9 heteroatoms. The van der Waals surface area contributed by atoms with Crippen molar-refractivity contribution in [2.45, 2.75) is 19.4 Å². The number of sulfonamides is 1. The minimum atomic E-state index is -3.26. The van der Waals surface area contributed by atoms with Crippen molar-refractivity contribution in [3.05, 3.63) is 42.5 Å². The number of hydrogen-bond acceptors (Lipinski definition) is 5. The van der Waals surface area contributed by atoms with E-state index in [1.165, 1.54) is 10.6 Å². The van der Waals surface area contributed by atoms with Gasteiger partial charge in [0.05, 0.1) is 24.0 Å². The smallest absolute Gasteiger partial charge is 0.235 e. The van der Waals surface area contributed by atoms with Gasteiger partial charge in [-0.15, -0.1) is 0 Å². The molecular weight excluding hydrogens is 330 g/mol. The molecule has 8 nitrogen and oxygen atoms in total. The SMILES string of the molecule is CC(NC(=O)CN1CCCS1(=O)=O)c1ccc(-n2cncn2)cc1. The van der Waals surface area contributed by atoms with Crippen LogP contribution in [0.25, 0.3) is 5.69 Å². The van der Waals surface area contributed by atoms with E-state index in [1.807, 2.05) is 31.2 Å². The predicted molar refractivity (Wildman–Crippen MR) is 87.9 cm³/mol. The molecule has 1 amide bonds. The van der Waals surface area contributed by atoms with Gasteiger partial charge in [0.1, 0.15) is 12.7 Å². The van der Waals surface area contributed by atoms with Crippen molar-refractivity contribution in [2.24, 2.45) is 0 Å². The molecule has 0 saturated carbocycles. The molecule has 0 radical (unpaired) electrons. The lowest BCUT2D eigenvalue weighted by atomic mass is 10.1. The van der Waals surface area contributed by atoms with Crippen LogP contribution < -0.4 is 5.32 Å². The molecule has 1 fully saturated rings. The van der Waals surface area contributed by atoms with Crippen molar-refractivity contribution in [1.29, 1.82) is 0 Å². The zero-order chi connectivity index (χ0) is 17.2. The van der Waals surface area contributed by atoms with Crippen LogP contribution in [-0.2, 0) is 14.8 Å². The Kier molecular flexibility index (Phi) is 4.63. The van der Waals surface area contributed by atoms with Crippen LogP contribution in [0.5, 0.6) is 0 Å². The number of carbonyl (C=O) groups is 1. The summed E-state index contributed by atoms with van der Waals surface area (Å²) in [7, 11) is -3.26. The summed E-state index contributed by atoms with van der Waals surface area (Å²) in [5.41, 5.74) is 1.80. The van der Waals surface area contributed by atoms with E-state index in [0.29, 0.717) is 13.0 Å². The van der Waals surface area contributed by atoms with Crippen LogP contribution in [0.2, 0.25) is 0 Å². The minimum Gasteiger partial charge on any atom is -0.348 e. The Balaban J connectivity index is 1.60. The van der Waals surface area contributed by atoms with E-state index < -0.39 is 10.0 Å². The molecule has 1 unspecified atom stereocenters. The summed E-state index contributed by atoms with van der Waals surface area (Å²) in [4.78, 5) is 16.0. The van der Waals surface area contributed by atoms with Gasteiger partial charge in [-0.05, 0) is 31.0 Å². The first-order valence-corrected chi connectivity index (χ1v) is 9.29. The fourth-order valence-electron chi connectivity index (χ4n) is 2.66. The third-order valence-corrected chi connectivity index (χ3v) is 5.88. The summed E-state index contributed by atoms with van der Waals surface area (Å²) >= 11 is 0. The van der Waals surface area contributed by atoms with E-state index in [-0.39, 0.29) is 24.2 Å². The molecule has 0 aliphatic carbocycles. The van der Waals surface area contributed by atoms with Crippen molar-refractivity contribution >= 4 is 15.9 Å². The Morgan fingerprint density at radius 2 is 2.08 bits per heavy atom. The van der Waals surface area contributed by atoms with Crippen LogP contribution in [0.15, 0.2) is 36.9 Å². The van der Waals surface area contributed by atoms with Gasteiger partial charge in [0.25, 0.3) is 0 Å². The van der Waals surface area contributed by atoms with Gasteiger partial charge < -0.3 is 5.32 Å². The Morgan fingerprint density at radius 3 is 2.67 bits per heavy atom. The Bertz CT molecular complexity index is 802. The second kappa shape index (κ2) is 6.70. The van der Waals surface area contributed by atoms with Gasteiger partial charge in [0.2, 0.25) is 15.9 Å². The van der Waals surface area contributed by atoms with E-state index in [2.05, 4.69) is 15.4 Å². The van der Waals surface area contributed by atoms with E-state index in [9.17, 15) is 13.2 Å². The average molecular weight is 349 g/mol. The highest BCUT2D eigenvalue weighted by Gasteiger charge is 2.30. The summed E-state index contributed by atoms with van der Waals surface area (Å²) in [6, 6.07) is 7.35. The third kappa shape index (κ3) is 3.62.